The number of carbonyl (C=O) groups is 2. The molecular formula is C58H99NO5. The lowest BCUT2D eigenvalue weighted by molar-refractivity contribution is -0.151. The Balaban J connectivity index is 4.72. The van der Waals surface area contributed by atoms with Crippen molar-refractivity contribution in [2.75, 3.05) is 6.61 Å². The summed E-state index contributed by atoms with van der Waals surface area (Å²) in [7, 11) is 0. The van der Waals surface area contributed by atoms with E-state index in [0.29, 0.717) is 19.3 Å². The van der Waals surface area contributed by atoms with Gasteiger partial charge in [-0.3, -0.25) is 9.59 Å². The number of nitrogens with one attached hydrogen (secondary N) is 1. The molecule has 64 heavy (non-hydrogen) atoms. The van der Waals surface area contributed by atoms with Crippen molar-refractivity contribution < 1.29 is 24.5 Å². The number of aliphatic hydroxyl groups excluding tert-OH is 2. The Morgan fingerprint density at radius 1 is 0.484 bits per heavy atom. The Bertz CT molecular complexity index is 1270. The summed E-state index contributed by atoms with van der Waals surface area (Å²) in [6, 6.07) is -0.719. The van der Waals surface area contributed by atoms with Gasteiger partial charge >= 0.3 is 5.97 Å². The largest absolute Gasteiger partial charge is 0.462 e. The molecule has 0 bridgehead atoms. The van der Waals surface area contributed by atoms with Gasteiger partial charge < -0.3 is 20.3 Å². The molecule has 0 aliphatic heterocycles. The van der Waals surface area contributed by atoms with Crippen molar-refractivity contribution in [1.82, 2.24) is 5.32 Å². The van der Waals surface area contributed by atoms with Crippen LogP contribution in [0.25, 0.3) is 0 Å². The second-order valence-corrected chi connectivity index (χ2v) is 17.7. The van der Waals surface area contributed by atoms with Crippen LogP contribution in [-0.4, -0.2) is 46.9 Å². The van der Waals surface area contributed by atoms with Gasteiger partial charge in [-0.1, -0.05) is 240 Å². The molecule has 0 aromatic carbocycles. The number of hydrogen-bond acceptors (Lipinski definition) is 5. The molecule has 3 N–H and O–H groups in total. The summed E-state index contributed by atoms with van der Waals surface area (Å²) in [5.74, 6) is -0.537. The average molecular weight is 890 g/mol. The van der Waals surface area contributed by atoms with Gasteiger partial charge in [-0.15, -0.1) is 0 Å². The number of esters is 1. The Morgan fingerprint density at radius 3 is 1.44 bits per heavy atom. The second-order valence-electron chi connectivity index (χ2n) is 17.7. The summed E-state index contributed by atoms with van der Waals surface area (Å²) >= 11 is 0. The van der Waals surface area contributed by atoms with E-state index in [1.54, 1.807) is 0 Å². The van der Waals surface area contributed by atoms with E-state index < -0.39 is 18.2 Å². The SMILES string of the molecule is CC\C=C/C=C/C=C/C=C\C=C\C=C\CCCCCC(=O)OC(CCCCCCCCC/C=C\C/C=C\CCCCC)CC(=O)NC(CO)C(O)CCCCCCCCCCCCC. The van der Waals surface area contributed by atoms with Crippen LogP contribution in [0.3, 0.4) is 0 Å². The van der Waals surface area contributed by atoms with Crippen LogP contribution in [0.4, 0.5) is 0 Å². The molecular weight excluding hydrogens is 791 g/mol. The topological polar surface area (TPSA) is 95.9 Å². The maximum atomic E-state index is 13.2. The molecule has 0 spiro atoms. The highest BCUT2D eigenvalue weighted by atomic mass is 16.5. The van der Waals surface area contributed by atoms with Crippen LogP contribution in [0.1, 0.15) is 233 Å². The monoisotopic (exact) mass is 890 g/mol. The predicted octanol–water partition coefficient (Wildman–Crippen LogP) is 16.1. The zero-order valence-electron chi connectivity index (χ0n) is 41.6. The van der Waals surface area contributed by atoms with Gasteiger partial charge in [0.25, 0.3) is 0 Å². The number of amides is 1. The van der Waals surface area contributed by atoms with Crippen LogP contribution in [0.5, 0.6) is 0 Å². The van der Waals surface area contributed by atoms with Crippen molar-refractivity contribution in [2.45, 2.75) is 251 Å². The van der Waals surface area contributed by atoms with Gasteiger partial charge in [0, 0.05) is 6.42 Å². The lowest BCUT2D eigenvalue weighted by Gasteiger charge is -2.24. The number of carbonyl (C=O) groups excluding carboxylic acids is 2. The minimum atomic E-state index is -0.803. The lowest BCUT2D eigenvalue weighted by atomic mass is 10.0. The van der Waals surface area contributed by atoms with Gasteiger partial charge in [0.1, 0.15) is 6.10 Å². The molecule has 0 aliphatic rings. The van der Waals surface area contributed by atoms with E-state index in [1.165, 1.54) is 103 Å². The van der Waals surface area contributed by atoms with Crippen molar-refractivity contribution in [2.24, 2.45) is 0 Å². The van der Waals surface area contributed by atoms with Crippen LogP contribution in [0.15, 0.2) is 97.2 Å². The molecule has 0 fully saturated rings. The first kappa shape index (κ1) is 60.8. The highest BCUT2D eigenvalue weighted by molar-refractivity contribution is 5.77. The van der Waals surface area contributed by atoms with E-state index in [2.05, 4.69) is 68.6 Å². The third kappa shape index (κ3) is 45.4. The summed E-state index contributed by atoms with van der Waals surface area (Å²) in [6.45, 7) is 6.29. The van der Waals surface area contributed by atoms with Crippen molar-refractivity contribution in [3.05, 3.63) is 97.2 Å². The Kier molecular flexibility index (Phi) is 48.2. The summed E-state index contributed by atoms with van der Waals surface area (Å²) in [4.78, 5) is 26.2. The number of allylic oxidation sites excluding steroid dienone is 16. The molecule has 366 valence electrons. The minimum absolute atomic E-state index is 0.0487. The van der Waals surface area contributed by atoms with Gasteiger partial charge in [-0.05, 0) is 77.0 Å². The van der Waals surface area contributed by atoms with Gasteiger partial charge in [-0.25, -0.2) is 0 Å². The first-order valence-electron chi connectivity index (χ1n) is 26.5. The van der Waals surface area contributed by atoms with Crippen molar-refractivity contribution >= 4 is 11.9 Å². The third-order valence-corrected chi connectivity index (χ3v) is 11.6. The van der Waals surface area contributed by atoms with E-state index >= 15 is 0 Å². The summed E-state index contributed by atoms with van der Waals surface area (Å²) < 4.78 is 5.92. The molecule has 6 heteroatoms. The molecule has 0 radical (unpaired) electrons. The number of rotatable bonds is 46. The minimum Gasteiger partial charge on any atom is -0.462 e. The van der Waals surface area contributed by atoms with Crippen molar-refractivity contribution in [3.8, 4) is 0 Å². The van der Waals surface area contributed by atoms with E-state index in [-0.39, 0.29) is 24.9 Å². The van der Waals surface area contributed by atoms with E-state index in [9.17, 15) is 19.8 Å². The van der Waals surface area contributed by atoms with Crippen molar-refractivity contribution in [1.29, 1.82) is 0 Å². The number of unbranched alkanes of at least 4 members (excludes halogenated alkanes) is 23. The molecule has 3 atom stereocenters. The molecule has 0 heterocycles. The second kappa shape index (κ2) is 50.8. The van der Waals surface area contributed by atoms with Gasteiger partial charge in [0.2, 0.25) is 5.91 Å². The molecule has 0 aliphatic carbocycles. The zero-order valence-corrected chi connectivity index (χ0v) is 41.6. The smallest absolute Gasteiger partial charge is 0.306 e. The summed E-state index contributed by atoms with van der Waals surface area (Å²) in [5.41, 5.74) is 0. The molecule has 0 aromatic heterocycles. The molecule has 0 saturated carbocycles. The predicted molar refractivity (Wildman–Crippen MR) is 277 cm³/mol. The van der Waals surface area contributed by atoms with Crippen LogP contribution >= 0.6 is 0 Å². The van der Waals surface area contributed by atoms with Crippen LogP contribution in [0, 0.1) is 0 Å². The first-order chi connectivity index (χ1) is 31.5. The number of hydrogen-bond donors (Lipinski definition) is 3. The summed E-state index contributed by atoms with van der Waals surface area (Å²) in [5, 5.41) is 23.8. The van der Waals surface area contributed by atoms with Gasteiger partial charge in [-0.2, -0.15) is 0 Å². The molecule has 1 amide bonds. The van der Waals surface area contributed by atoms with Gasteiger partial charge in [0.05, 0.1) is 25.2 Å². The van der Waals surface area contributed by atoms with Crippen LogP contribution in [0.2, 0.25) is 0 Å². The first-order valence-corrected chi connectivity index (χ1v) is 26.5. The Hall–Kier alpha value is -3.22. The molecule has 0 aromatic rings. The molecule has 0 saturated heterocycles. The van der Waals surface area contributed by atoms with E-state index in [4.69, 9.17) is 4.74 Å². The maximum absolute atomic E-state index is 13.2. The molecule has 6 nitrogen and oxygen atoms in total. The zero-order chi connectivity index (χ0) is 46.7. The average Bonchev–Trinajstić information content (AvgIpc) is 3.29. The van der Waals surface area contributed by atoms with Crippen LogP contribution < -0.4 is 5.32 Å². The quantitative estimate of drug-likeness (QED) is 0.0245. The number of ether oxygens (including phenoxy) is 1. The van der Waals surface area contributed by atoms with E-state index in [1.807, 2.05) is 54.7 Å². The van der Waals surface area contributed by atoms with E-state index in [0.717, 1.165) is 83.5 Å². The third-order valence-electron chi connectivity index (χ3n) is 11.6. The molecule has 0 rings (SSSR count). The fourth-order valence-corrected chi connectivity index (χ4v) is 7.55. The summed E-state index contributed by atoms with van der Waals surface area (Å²) in [6.07, 6.45) is 67.4. The fraction of sp³-hybridized carbons (Fsp3) is 0.690. The maximum Gasteiger partial charge on any atom is 0.306 e. The molecule has 3 unspecified atom stereocenters. The van der Waals surface area contributed by atoms with Gasteiger partial charge in [0.15, 0.2) is 0 Å². The lowest BCUT2D eigenvalue weighted by Crippen LogP contribution is -2.46. The highest BCUT2D eigenvalue weighted by Crippen LogP contribution is 2.17. The van der Waals surface area contributed by atoms with Crippen LogP contribution in [-0.2, 0) is 14.3 Å². The Morgan fingerprint density at radius 2 is 0.906 bits per heavy atom. The normalized spacial score (nSPS) is 14.0. The fourth-order valence-electron chi connectivity index (χ4n) is 7.55. The highest BCUT2D eigenvalue weighted by Gasteiger charge is 2.24. The standard InChI is InChI=1S/C58H99NO5/c1-4-7-10-13-16-19-22-24-26-28-30-32-35-37-40-43-46-49-54(52-57(62)59-55(53-60)56(61)50-47-44-41-38-34-21-18-15-12-9-6-3)64-58(63)51-48-45-42-39-36-33-31-29-27-25-23-20-17-14-11-8-5-2/h8,11,14,16-17,19-20,23-27,29,31,33,36,54-56,60-61H,4-7,9-10,12-13,15,18,21-22,28,30,32,34-35,37-53H2,1-3H3,(H,59,62)/b11-8-,17-14+,19-16-,23-20+,26-24-,27-25-,31-29+,36-33+. The van der Waals surface area contributed by atoms with Crippen molar-refractivity contribution in [3.63, 3.8) is 0 Å². The Labute approximate surface area is 395 Å². The number of aliphatic hydroxyl groups is 2.